The molecule has 2 aliphatic rings. The standard InChI is InChI=1S/C13H13ClN2O2/c14-8-4-5-10-9(7-8)13(18)16-6-2-1-3-11(16)12(17)15-10/h4-5,7,11H,1-3,6H2,(H,15,17). The number of anilines is 1. The van der Waals surface area contributed by atoms with Crippen molar-refractivity contribution in [2.45, 2.75) is 25.3 Å². The lowest BCUT2D eigenvalue weighted by Crippen LogP contribution is -2.47. The molecule has 4 nitrogen and oxygen atoms in total. The molecule has 1 fully saturated rings. The zero-order chi connectivity index (χ0) is 12.7. The number of hydrogen-bond donors (Lipinski definition) is 1. The van der Waals surface area contributed by atoms with Gasteiger partial charge in [-0.2, -0.15) is 0 Å². The van der Waals surface area contributed by atoms with Crippen LogP contribution in [0.15, 0.2) is 18.2 Å². The van der Waals surface area contributed by atoms with Gasteiger partial charge in [0.15, 0.2) is 0 Å². The minimum atomic E-state index is -0.336. The lowest BCUT2D eigenvalue weighted by molar-refractivity contribution is -0.121. The van der Waals surface area contributed by atoms with Crippen LogP contribution in [0.2, 0.25) is 5.02 Å². The molecule has 3 rings (SSSR count). The van der Waals surface area contributed by atoms with E-state index >= 15 is 0 Å². The van der Waals surface area contributed by atoms with Crippen LogP contribution < -0.4 is 5.32 Å². The van der Waals surface area contributed by atoms with E-state index in [1.165, 1.54) is 0 Å². The fraction of sp³-hybridized carbons (Fsp3) is 0.385. The zero-order valence-corrected chi connectivity index (χ0v) is 10.5. The van der Waals surface area contributed by atoms with Crippen LogP contribution in [0.4, 0.5) is 5.69 Å². The molecular formula is C13H13ClN2O2. The van der Waals surface area contributed by atoms with Crippen molar-refractivity contribution in [3.05, 3.63) is 28.8 Å². The second kappa shape index (κ2) is 4.28. The fourth-order valence-corrected chi connectivity index (χ4v) is 2.79. The molecule has 0 bridgehead atoms. The Morgan fingerprint density at radius 1 is 1.28 bits per heavy atom. The van der Waals surface area contributed by atoms with Crippen molar-refractivity contribution in [1.29, 1.82) is 0 Å². The van der Waals surface area contributed by atoms with E-state index < -0.39 is 0 Å². The quantitative estimate of drug-likeness (QED) is 0.782. The molecule has 2 heterocycles. The summed E-state index contributed by atoms with van der Waals surface area (Å²) in [5, 5.41) is 3.33. The van der Waals surface area contributed by atoms with E-state index in [0.717, 1.165) is 19.3 Å². The van der Waals surface area contributed by atoms with E-state index in [1.54, 1.807) is 23.1 Å². The van der Waals surface area contributed by atoms with Crippen LogP contribution in [0.25, 0.3) is 0 Å². The monoisotopic (exact) mass is 264 g/mol. The van der Waals surface area contributed by atoms with E-state index in [9.17, 15) is 9.59 Å². The van der Waals surface area contributed by atoms with Gasteiger partial charge in [0.1, 0.15) is 6.04 Å². The van der Waals surface area contributed by atoms with Crippen LogP contribution in [-0.2, 0) is 4.79 Å². The summed E-state index contributed by atoms with van der Waals surface area (Å²) in [6, 6.07) is 4.65. The molecule has 1 unspecified atom stereocenters. The highest BCUT2D eigenvalue weighted by atomic mass is 35.5. The number of hydrogen-bond acceptors (Lipinski definition) is 2. The van der Waals surface area contributed by atoms with Crippen LogP contribution in [0.5, 0.6) is 0 Å². The van der Waals surface area contributed by atoms with E-state index in [1.807, 2.05) is 0 Å². The minimum absolute atomic E-state index is 0.0934. The van der Waals surface area contributed by atoms with Crippen molar-refractivity contribution in [3.63, 3.8) is 0 Å². The van der Waals surface area contributed by atoms with Crippen molar-refractivity contribution in [2.75, 3.05) is 11.9 Å². The maximum absolute atomic E-state index is 12.4. The lowest BCUT2D eigenvalue weighted by atomic mass is 10.0. The van der Waals surface area contributed by atoms with Gasteiger partial charge in [0.2, 0.25) is 5.91 Å². The molecular weight excluding hydrogens is 252 g/mol. The highest BCUT2D eigenvalue weighted by Gasteiger charge is 2.36. The fourth-order valence-electron chi connectivity index (χ4n) is 2.62. The number of benzene rings is 1. The Morgan fingerprint density at radius 2 is 2.11 bits per heavy atom. The Bertz CT molecular complexity index is 530. The van der Waals surface area contributed by atoms with Gasteiger partial charge in [-0.3, -0.25) is 9.59 Å². The second-order valence-electron chi connectivity index (χ2n) is 4.69. The Morgan fingerprint density at radius 3 is 2.94 bits per heavy atom. The average molecular weight is 265 g/mol. The van der Waals surface area contributed by atoms with Crippen molar-refractivity contribution in [2.24, 2.45) is 0 Å². The van der Waals surface area contributed by atoms with E-state index in [0.29, 0.717) is 22.8 Å². The van der Waals surface area contributed by atoms with E-state index in [-0.39, 0.29) is 17.9 Å². The molecule has 0 aromatic heterocycles. The van der Waals surface area contributed by atoms with E-state index in [4.69, 9.17) is 11.6 Å². The number of nitrogens with one attached hydrogen (secondary N) is 1. The molecule has 0 radical (unpaired) electrons. The first-order valence-corrected chi connectivity index (χ1v) is 6.46. The van der Waals surface area contributed by atoms with Gasteiger partial charge in [-0.15, -0.1) is 0 Å². The topological polar surface area (TPSA) is 49.4 Å². The Kier molecular flexibility index (Phi) is 2.74. The molecule has 2 amide bonds. The molecule has 0 aliphatic carbocycles. The van der Waals surface area contributed by atoms with Gasteiger partial charge in [0.25, 0.3) is 5.91 Å². The van der Waals surface area contributed by atoms with Gasteiger partial charge < -0.3 is 10.2 Å². The maximum atomic E-state index is 12.4. The van der Waals surface area contributed by atoms with Crippen molar-refractivity contribution >= 4 is 29.1 Å². The second-order valence-corrected chi connectivity index (χ2v) is 5.13. The number of carbonyl (C=O) groups excluding carboxylic acids is 2. The first-order chi connectivity index (χ1) is 8.66. The van der Waals surface area contributed by atoms with Crippen LogP contribution >= 0.6 is 11.6 Å². The third-order valence-corrected chi connectivity index (χ3v) is 3.77. The van der Waals surface area contributed by atoms with Crippen molar-refractivity contribution < 1.29 is 9.59 Å². The average Bonchev–Trinajstić information content (AvgIpc) is 2.48. The number of piperidine rings is 1. The molecule has 2 aliphatic heterocycles. The van der Waals surface area contributed by atoms with Crippen LogP contribution in [0.1, 0.15) is 29.6 Å². The highest BCUT2D eigenvalue weighted by Crippen LogP contribution is 2.29. The van der Waals surface area contributed by atoms with Crippen LogP contribution in [0, 0.1) is 0 Å². The summed E-state index contributed by atoms with van der Waals surface area (Å²) in [5.74, 6) is -0.195. The van der Waals surface area contributed by atoms with Crippen molar-refractivity contribution in [3.8, 4) is 0 Å². The van der Waals surface area contributed by atoms with Gasteiger partial charge in [0, 0.05) is 11.6 Å². The zero-order valence-electron chi connectivity index (χ0n) is 9.78. The predicted octanol–water partition coefficient (Wildman–Crippen LogP) is 2.29. The molecule has 1 atom stereocenters. The smallest absolute Gasteiger partial charge is 0.256 e. The van der Waals surface area contributed by atoms with Crippen LogP contribution in [-0.4, -0.2) is 29.3 Å². The Labute approximate surface area is 110 Å². The van der Waals surface area contributed by atoms with Gasteiger partial charge >= 0.3 is 0 Å². The number of rotatable bonds is 0. The van der Waals surface area contributed by atoms with Gasteiger partial charge in [0.05, 0.1) is 11.3 Å². The first kappa shape index (κ1) is 11.5. The van der Waals surface area contributed by atoms with Gasteiger partial charge in [-0.1, -0.05) is 11.6 Å². The molecule has 5 heteroatoms. The van der Waals surface area contributed by atoms with E-state index in [2.05, 4.69) is 5.32 Å². The Balaban J connectivity index is 2.09. The molecule has 1 aromatic rings. The first-order valence-electron chi connectivity index (χ1n) is 6.08. The Hall–Kier alpha value is -1.55. The summed E-state index contributed by atoms with van der Waals surface area (Å²) in [7, 11) is 0. The summed E-state index contributed by atoms with van der Waals surface area (Å²) in [6.07, 6.45) is 2.67. The number of carbonyl (C=O) groups is 2. The summed E-state index contributed by atoms with van der Waals surface area (Å²) >= 11 is 5.92. The molecule has 94 valence electrons. The maximum Gasteiger partial charge on any atom is 0.256 e. The van der Waals surface area contributed by atoms with Gasteiger partial charge in [-0.25, -0.2) is 0 Å². The number of amides is 2. The summed E-state index contributed by atoms with van der Waals surface area (Å²) in [5.41, 5.74) is 1.05. The van der Waals surface area contributed by atoms with Gasteiger partial charge in [-0.05, 0) is 37.5 Å². The number of nitrogens with zero attached hydrogens (tertiary/aromatic N) is 1. The normalized spacial score (nSPS) is 22.9. The van der Waals surface area contributed by atoms with Crippen LogP contribution in [0.3, 0.4) is 0 Å². The summed E-state index contributed by atoms with van der Waals surface area (Å²) < 4.78 is 0. The largest absolute Gasteiger partial charge is 0.327 e. The molecule has 0 saturated carbocycles. The number of fused-ring (bicyclic) bond motifs is 2. The SMILES string of the molecule is O=C1Nc2ccc(Cl)cc2C(=O)N2CCCCC12. The number of halogens is 1. The van der Waals surface area contributed by atoms with Crippen molar-refractivity contribution in [1.82, 2.24) is 4.90 Å². The highest BCUT2D eigenvalue weighted by molar-refractivity contribution is 6.31. The molecule has 18 heavy (non-hydrogen) atoms. The third kappa shape index (κ3) is 1.77. The minimum Gasteiger partial charge on any atom is -0.327 e. The molecule has 1 N–H and O–H groups in total. The lowest BCUT2D eigenvalue weighted by Gasteiger charge is -2.32. The summed E-state index contributed by atoms with van der Waals surface area (Å²) in [6.45, 7) is 0.642. The summed E-state index contributed by atoms with van der Waals surface area (Å²) in [4.78, 5) is 26.2. The molecule has 0 spiro atoms. The molecule has 1 saturated heterocycles. The molecule has 1 aromatic carbocycles. The predicted molar refractivity (Wildman–Crippen MR) is 68.8 cm³/mol. The third-order valence-electron chi connectivity index (χ3n) is 3.54.